The zero-order chi connectivity index (χ0) is 21.1. The number of nitrogens with zero attached hydrogens (tertiary/aromatic N) is 2. The SMILES string of the molecule is C=CC(CC)C[N+](C)(CCc1ccnc2ccccc12)Cc1ccccc1.CBr. The highest BCUT2D eigenvalue weighted by atomic mass is 79.9. The third kappa shape index (κ3) is 6.80. The van der Waals surface area contributed by atoms with Crippen LogP contribution >= 0.6 is 15.9 Å². The van der Waals surface area contributed by atoms with Gasteiger partial charge in [-0.25, -0.2) is 0 Å². The molecule has 0 aliphatic heterocycles. The number of hydrogen-bond donors (Lipinski definition) is 0. The molecule has 3 heteroatoms. The molecule has 0 aliphatic carbocycles. The minimum Gasteiger partial charge on any atom is -0.322 e. The molecule has 29 heavy (non-hydrogen) atoms. The van der Waals surface area contributed by atoms with Crippen LogP contribution in [0.3, 0.4) is 0 Å². The van der Waals surface area contributed by atoms with Crippen LogP contribution < -0.4 is 0 Å². The number of para-hydroxylation sites is 1. The average molecular weight is 454 g/mol. The van der Waals surface area contributed by atoms with E-state index >= 15 is 0 Å². The van der Waals surface area contributed by atoms with Crippen LogP contribution in [0.2, 0.25) is 0 Å². The Morgan fingerprint density at radius 1 is 1.03 bits per heavy atom. The Labute approximate surface area is 185 Å². The molecular weight excluding hydrogens is 420 g/mol. The van der Waals surface area contributed by atoms with Gasteiger partial charge < -0.3 is 4.48 Å². The van der Waals surface area contributed by atoms with Gasteiger partial charge in [0.15, 0.2) is 0 Å². The molecule has 3 aromatic rings. The predicted octanol–water partition coefficient (Wildman–Crippen LogP) is 6.65. The third-order valence-electron chi connectivity index (χ3n) is 5.60. The van der Waals surface area contributed by atoms with E-state index in [0.717, 1.165) is 42.5 Å². The lowest BCUT2D eigenvalue weighted by Gasteiger charge is -2.37. The number of hydrogen-bond acceptors (Lipinski definition) is 1. The van der Waals surface area contributed by atoms with Crippen molar-refractivity contribution in [1.29, 1.82) is 0 Å². The molecule has 1 heterocycles. The molecule has 0 N–H and O–H groups in total. The van der Waals surface area contributed by atoms with Crippen molar-refractivity contribution in [2.24, 2.45) is 5.92 Å². The molecule has 0 spiro atoms. The predicted molar refractivity (Wildman–Crippen MR) is 130 cm³/mol. The van der Waals surface area contributed by atoms with Crippen molar-refractivity contribution in [2.45, 2.75) is 26.3 Å². The molecule has 0 saturated carbocycles. The lowest BCUT2D eigenvalue weighted by Crippen LogP contribution is -2.47. The van der Waals surface area contributed by atoms with Crippen molar-refractivity contribution in [2.75, 3.05) is 26.0 Å². The quantitative estimate of drug-likeness (QED) is 0.200. The Morgan fingerprint density at radius 2 is 1.72 bits per heavy atom. The zero-order valence-electron chi connectivity index (χ0n) is 18.0. The second kappa shape index (κ2) is 11.9. The van der Waals surface area contributed by atoms with Gasteiger partial charge in [0.2, 0.25) is 0 Å². The van der Waals surface area contributed by atoms with E-state index in [4.69, 9.17) is 0 Å². The Bertz CT molecular complexity index is 873. The Kier molecular flexibility index (Phi) is 9.56. The Hall–Kier alpha value is -1.97. The second-order valence-corrected chi connectivity index (χ2v) is 7.81. The molecule has 0 fully saturated rings. The molecule has 3 rings (SSSR count). The summed E-state index contributed by atoms with van der Waals surface area (Å²) in [6, 6.07) is 21.5. The van der Waals surface area contributed by atoms with E-state index in [9.17, 15) is 0 Å². The van der Waals surface area contributed by atoms with Crippen molar-refractivity contribution in [3.05, 3.63) is 90.6 Å². The van der Waals surface area contributed by atoms with Crippen LogP contribution in [-0.4, -0.2) is 35.4 Å². The van der Waals surface area contributed by atoms with Gasteiger partial charge in [0.25, 0.3) is 0 Å². The van der Waals surface area contributed by atoms with Gasteiger partial charge in [-0.2, -0.15) is 0 Å². The van der Waals surface area contributed by atoms with Crippen molar-refractivity contribution < 1.29 is 4.48 Å². The standard InChI is InChI=1S/C25H31N2.CH3Br/c1-4-21(5-2)19-27(3,20-22-11-7-6-8-12-22)18-16-23-15-17-26-25-14-10-9-13-24(23)25;1-2/h4,6-15,17,21H,1,5,16,18-20H2,2-3H3;1H3/q+1;. The first-order valence-corrected chi connectivity index (χ1v) is 11.9. The van der Waals surface area contributed by atoms with Gasteiger partial charge in [0, 0.05) is 29.5 Å². The summed E-state index contributed by atoms with van der Waals surface area (Å²) in [6.45, 7) is 9.60. The molecule has 2 unspecified atom stereocenters. The van der Waals surface area contributed by atoms with Gasteiger partial charge in [-0.1, -0.05) is 77.5 Å². The lowest BCUT2D eigenvalue weighted by molar-refractivity contribution is -0.924. The summed E-state index contributed by atoms with van der Waals surface area (Å²) < 4.78 is 1.02. The molecule has 0 bridgehead atoms. The molecule has 2 nitrogen and oxygen atoms in total. The van der Waals surface area contributed by atoms with E-state index in [-0.39, 0.29) is 0 Å². The van der Waals surface area contributed by atoms with Crippen LogP contribution in [0.15, 0.2) is 79.5 Å². The molecule has 0 saturated heterocycles. The summed E-state index contributed by atoms with van der Waals surface area (Å²) in [5, 5.41) is 1.28. The summed E-state index contributed by atoms with van der Waals surface area (Å²) in [5.74, 6) is 2.36. The molecular formula is C26H34BrN2+. The highest BCUT2D eigenvalue weighted by molar-refractivity contribution is 9.08. The number of quaternary nitrogens is 1. The monoisotopic (exact) mass is 453 g/mol. The van der Waals surface area contributed by atoms with Gasteiger partial charge >= 0.3 is 0 Å². The van der Waals surface area contributed by atoms with Crippen LogP contribution in [0.4, 0.5) is 0 Å². The maximum atomic E-state index is 4.51. The molecule has 2 atom stereocenters. The fourth-order valence-corrected chi connectivity index (χ4v) is 3.96. The molecule has 2 aromatic carbocycles. The number of likely N-dealkylation sites (N-methyl/N-ethyl adjacent to an activating group) is 1. The average Bonchev–Trinajstić information content (AvgIpc) is 2.78. The van der Waals surface area contributed by atoms with Crippen LogP contribution in [0, 0.1) is 5.92 Å². The maximum absolute atomic E-state index is 4.51. The fourth-order valence-electron chi connectivity index (χ4n) is 3.96. The number of aromatic nitrogens is 1. The van der Waals surface area contributed by atoms with E-state index in [1.54, 1.807) is 0 Å². The zero-order valence-corrected chi connectivity index (χ0v) is 19.6. The van der Waals surface area contributed by atoms with E-state index in [2.05, 4.69) is 108 Å². The van der Waals surface area contributed by atoms with E-state index in [0.29, 0.717) is 5.92 Å². The van der Waals surface area contributed by atoms with Gasteiger partial charge in [-0.15, -0.1) is 6.58 Å². The largest absolute Gasteiger partial charge is 0.322 e. The van der Waals surface area contributed by atoms with Gasteiger partial charge in [0.1, 0.15) is 6.54 Å². The minimum absolute atomic E-state index is 0.549. The van der Waals surface area contributed by atoms with Crippen LogP contribution in [0.25, 0.3) is 10.9 Å². The number of fused-ring (bicyclic) bond motifs is 1. The van der Waals surface area contributed by atoms with Gasteiger partial charge in [-0.3, -0.25) is 4.98 Å². The first kappa shape index (κ1) is 23.3. The smallest absolute Gasteiger partial charge is 0.104 e. The van der Waals surface area contributed by atoms with E-state index < -0.39 is 0 Å². The van der Waals surface area contributed by atoms with Gasteiger partial charge in [-0.05, 0) is 30.0 Å². The topological polar surface area (TPSA) is 12.9 Å². The summed E-state index contributed by atoms with van der Waals surface area (Å²) in [7, 11) is 2.39. The normalized spacial score (nSPS) is 13.8. The number of alkyl halides is 1. The van der Waals surface area contributed by atoms with E-state index in [1.165, 1.54) is 16.5 Å². The maximum Gasteiger partial charge on any atom is 0.104 e. The van der Waals surface area contributed by atoms with Crippen LogP contribution in [-0.2, 0) is 13.0 Å². The molecule has 1 aromatic heterocycles. The third-order valence-corrected chi connectivity index (χ3v) is 5.60. The molecule has 154 valence electrons. The van der Waals surface area contributed by atoms with Crippen molar-refractivity contribution in [1.82, 2.24) is 4.98 Å². The fraction of sp³-hybridized carbons (Fsp3) is 0.346. The number of rotatable bonds is 9. The summed E-state index contributed by atoms with van der Waals surface area (Å²) in [4.78, 5) is 4.51. The second-order valence-electron chi connectivity index (χ2n) is 7.81. The molecule has 0 radical (unpaired) electrons. The number of halogens is 1. The summed E-state index contributed by atoms with van der Waals surface area (Å²) in [6.07, 6.45) is 6.27. The Balaban J connectivity index is 0.00000145. The van der Waals surface area contributed by atoms with Gasteiger partial charge in [0.05, 0.1) is 25.7 Å². The van der Waals surface area contributed by atoms with E-state index in [1.807, 2.05) is 12.0 Å². The minimum atomic E-state index is 0.549. The highest BCUT2D eigenvalue weighted by Gasteiger charge is 2.25. The number of benzene rings is 2. The lowest BCUT2D eigenvalue weighted by atomic mass is 10.0. The highest BCUT2D eigenvalue weighted by Crippen LogP contribution is 2.22. The van der Waals surface area contributed by atoms with Crippen LogP contribution in [0.5, 0.6) is 0 Å². The van der Waals surface area contributed by atoms with Crippen molar-refractivity contribution >= 4 is 26.8 Å². The van der Waals surface area contributed by atoms with Crippen LogP contribution in [0.1, 0.15) is 24.5 Å². The molecule has 0 amide bonds. The van der Waals surface area contributed by atoms with Crippen molar-refractivity contribution in [3.63, 3.8) is 0 Å². The first-order valence-electron chi connectivity index (χ1n) is 10.3. The summed E-state index contributed by atoms with van der Waals surface area (Å²) >= 11 is 2.94. The van der Waals surface area contributed by atoms with Crippen molar-refractivity contribution in [3.8, 4) is 0 Å². The number of pyridine rings is 1. The first-order chi connectivity index (χ1) is 14.1. The summed E-state index contributed by atoms with van der Waals surface area (Å²) in [5.41, 5.74) is 3.88. The molecule has 0 aliphatic rings. The Morgan fingerprint density at radius 3 is 2.41 bits per heavy atom.